The van der Waals surface area contributed by atoms with Crippen LogP contribution in [0.5, 0.6) is 0 Å². The zero-order chi connectivity index (χ0) is 16.9. The number of anilines is 1. The molecule has 2 aromatic carbocycles. The van der Waals surface area contributed by atoms with E-state index in [2.05, 4.69) is 29.4 Å². The zero-order valence-corrected chi connectivity index (χ0v) is 14.5. The van der Waals surface area contributed by atoms with Gasteiger partial charge >= 0.3 is 0 Å². The lowest BCUT2D eigenvalue weighted by Crippen LogP contribution is -2.50. The van der Waals surface area contributed by atoms with E-state index < -0.39 is 0 Å². The van der Waals surface area contributed by atoms with Gasteiger partial charge in [-0.15, -0.1) is 0 Å². The van der Waals surface area contributed by atoms with Crippen LogP contribution in [0.4, 0.5) is 5.69 Å². The molecule has 126 valence electrons. The molecule has 1 fully saturated rings. The number of rotatable bonds is 4. The predicted molar refractivity (Wildman–Crippen MR) is 98.3 cm³/mol. The number of piperazine rings is 1. The van der Waals surface area contributed by atoms with E-state index in [1.165, 1.54) is 5.56 Å². The van der Waals surface area contributed by atoms with Gasteiger partial charge in [0.2, 0.25) is 5.91 Å². The molecule has 0 aliphatic carbocycles. The lowest BCUT2D eigenvalue weighted by Gasteiger charge is -2.40. The fraction of sp³-hybridized carbons (Fsp3) is 0.316. The average Bonchev–Trinajstić information content (AvgIpc) is 2.61. The van der Waals surface area contributed by atoms with E-state index in [0.717, 1.165) is 25.3 Å². The molecule has 1 atom stereocenters. The maximum atomic E-state index is 12.8. The highest BCUT2D eigenvalue weighted by atomic mass is 35.5. The number of hydrogen-bond donors (Lipinski definition) is 1. The minimum Gasteiger partial charge on any atom is -0.375 e. The number of halogens is 1. The Labute approximate surface area is 148 Å². The number of para-hydroxylation sites is 1. The summed E-state index contributed by atoms with van der Waals surface area (Å²) in [6.45, 7) is 2.72. The van der Waals surface area contributed by atoms with Crippen LogP contribution < -0.4 is 5.32 Å². The van der Waals surface area contributed by atoms with Crippen molar-refractivity contribution in [1.29, 1.82) is 0 Å². The lowest BCUT2D eigenvalue weighted by molar-refractivity contribution is -0.134. The van der Waals surface area contributed by atoms with E-state index >= 15 is 0 Å². The number of amides is 1. The Balaban J connectivity index is 1.71. The first-order chi connectivity index (χ1) is 11.6. The highest BCUT2D eigenvalue weighted by Crippen LogP contribution is 2.25. The number of likely N-dealkylation sites (N-methyl/N-ethyl adjacent to an activating group) is 1. The third-order valence-corrected chi connectivity index (χ3v) is 4.72. The van der Waals surface area contributed by atoms with Gasteiger partial charge in [0.1, 0.15) is 0 Å². The third kappa shape index (κ3) is 3.89. The largest absolute Gasteiger partial charge is 0.375 e. The van der Waals surface area contributed by atoms with Crippen molar-refractivity contribution in [3.8, 4) is 0 Å². The predicted octanol–water partition coefficient (Wildman–Crippen LogP) is 3.27. The number of carbonyl (C=O) groups excluding carboxylic acids is 1. The van der Waals surface area contributed by atoms with Gasteiger partial charge in [-0.05, 0) is 24.7 Å². The molecule has 1 heterocycles. The highest BCUT2D eigenvalue weighted by molar-refractivity contribution is 6.33. The van der Waals surface area contributed by atoms with Crippen molar-refractivity contribution in [1.82, 2.24) is 9.80 Å². The number of hydrogen-bond acceptors (Lipinski definition) is 3. The Morgan fingerprint density at radius 2 is 1.83 bits per heavy atom. The SMILES string of the molecule is CN1CCN(C(=O)CNc2ccccc2Cl)C(c2ccccc2)C1. The van der Waals surface area contributed by atoms with Crippen LogP contribution >= 0.6 is 11.6 Å². The fourth-order valence-corrected chi connectivity index (χ4v) is 3.26. The summed E-state index contributed by atoms with van der Waals surface area (Å²) >= 11 is 6.14. The quantitative estimate of drug-likeness (QED) is 0.925. The molecule has 2 aromatic rings. The molecule has 1 aliphatic rings. The second kappa shape index (κ2) is 7.69. The van der Waals surface area contributed by atoms with Crippen molar-refractivity contribution >= 4 is 23.2 Å². The second-order valence-corrected chi connectivity index (χ2v) is 6.52. The molecule has 0 aromatic heterocycles. The second-order valence-electron chi connectivity index (χ2n) is 6.11. The maximum Gasteiger partial charge on any atom is 0.242 e. The molecule has 0 bridgehead atoms. The average molecular weight is 344 g/mol. The summed E-state index contributed by atoms with van der Waals surface area (Å²) in [5.41, 5.74) is 1.97. The Bertz CT molecular complexity index is 692. The van der Waals surface area contributed by atoms with Crippen molar-refractivity contribution in [2.45, 2.75) is 6.04 Å². The molecule has 0 radical (unpaired) electrons. The minimum atomic E-state index is 0.0884. The van der Waals surface area contributed by atoms with Gasteiger partial charge in [0, 0.05) is 19.6 Å². The number of carbonyl (C=O) groups is 1. The van der Waals surface area contributed by atoms with Crippen LogP contribution in [0.1, 0.15) is 11.6 Å². The third-order valence-electron chi connectivity index (χ3n) is 4.39. The Kier molecular flexibility index (Phi) is 5.38. The van der Waals surface area contributed by atoms with E-state index in [1.807, 2.05) is 47.4 Å². The van der Waals surface area contributed by atoms with Crippen LogP contribution in [-0.4, -0.2) is 48.9 Å². The van der Waals surface area contributed by atoms with E-state index in [0.29, 0.717) is 5.02 Å². The summed E-state index contributed by atoms with van der Waals surface area (Å²) in [6, 6.07) is 17.8. The molecular weight excluding hydrogens is 322 g/mol. The van der Waals surface area contributed by atoms with Crippen molar-refractivity contribution in [2.24, 2.45) is 0 Å². The van der Waals surface area contributed by atoms with Crippen LogP contribution in [0, 0.1) is 0 Å². The van der Waals surface area contributed by atoms with E-state index in [1.54, 1.807) is 0 Å². The van der Waals surface area contributed by atoms with Crippen molar-refractivity contribution in [2.75, 3.05) is 38.5 Å². The molecular formula is C19H22ClN3O. The number of benzene rings is 2. The van der Waals surface area contributed by atoms with Crippen LogP contribution in [0.15, 0.2) is 54.6 Å². The van der Waals surface area contributed by atoms with Gasteiger partial charge in [-0.25, -0.2) is 0 Å². The molecule has 5 heteroatoms. The Hall–Kier alpha value is -2.04. The summed E-state index contributed by atoms with van der Waals surface area (Å²) in [5.74, 6) is 0.0943. The summed E-state index contributed by atoms with van der Waals surface area (Å²) in [6.07, 6.45) is 0. The topological polar surface area (TPSA) is 35.6 Å². The van der Waals surface area contributed by atoms with E-state index in [9.17, 15) is 4.79 Å². The van der Waals surface area contributed by atoms with Crippen molar-refractivity contribution in [3.63, 3.8) is 0 Å². The molecule has 4 nitrogen and oxygen atoms in total. The molecule has 1 aliphatic heterocycles. The van der Waals surface area contributed by atoms with Gasteiger partial charge in [-0.3, -0.25) is 4.79 Å². The molecule has 1 saturated heterocycles. The lowest BCUT2D eigenvalue weighted by atomic mass is 10.0. The molecule has 1 amide bonds. The summed E-state index contributed by atoms with van der Waals surface area (Å²) < 4.78 is 0. The first-order valence-electron chi connectivity index (χ1n) is 8.16. The maximum absolute atomic E-state index is 12.8. The fourth-order valence-electron chi connectivity index (χ4n) is 3.06. The van der Waals surface area contributed by atoms with Crippen molar-refractivity contribution < 1.29 is 4.79 Å². The monoisotopic (exact) mass is 343 g/mol. The Morgan fingerprint density at radius 1 is 1.12 bits per heavy atom. The zero-order valence-electron chi connectivity index (χ0n) is 13.8. The molecule has 0 saturated carbocycles. The standard InChI is InChI=1S/C19H22ClN3O/c1-22-11-12-23(18(14-22)15-7-3-2-4-8-15)19(24)13-21-17-10-6-5-9-16(17)20/h2-10,18,21H,11-14H2,1H3. The molecule has 0 spiro atoms. The molecule has 3 rings (SSSR count). The van der Waals surface area contributed by atoms with Gasteiger partial charge < -0.3 is 15.1 Å². The minimum absolute atomic E-state index is 0.0884. The summed E-state index contributed by atoms with van der Waals surface area (Å²) in [5, 5.41) is 3.78. The normalized spacial score (nSPS) is 18.4. The highest BCUT2D eigenvalue weighted by Gasteiger charge is 2.29. The van der Waals surface area contributed by atoms with Gasteiger partial charge in [0.05, 0.1) is 23.3 Å². The molecule has 1 N–H and O–H groups in total. The smallest absolute Gasteiger partial charge is 0.242 e. The molecule has 24 heavy (non-hydrogen) atoms. The number of nitrogens with one attached hydrogen (secondary N) is 1. The van der Waals surface area contributed by atoms with Gasteiger partial charge in [-0.1, -0.05) is 54.1 Å². The van der Waals surface area contributed by atoms with Crippen LogP contribution in [0.3, 0.4) is 0 Å². The summed E-state index contributed by atoms with van der Waals surface area (Å²) in [4.78, 5) is 17.0. The van der Waals surface area contributed by atoms with Crippen LogP contribution in [-0.2, 0) is 4.79 Å². The van der Waals surface area contributed by atoms with Crippen molar-refractivity contribution in [3.05, 3.63) is 65.2 Å². The van der Waals surface area contributed by atoms with E-state index in [4.69, 9.17) is 11.6 Å². The first-order valence-corrected chi connectivity index (χ1v) is 8.54. The Morgan fingerprint density at radius 3 is 2.58 bits per heavy atom. The van der Waals surface area contributed by atoms with Gasteiger partial charge in [0.25, 0.3) is 0 Å². The number of nitrogens with zero attached hydrogens (tertiary/aromatic N) is 2. The summed E-state index contributed by atoms with van der Waals surface area (Å²) in [7, 11) is 2.10. The van der Waals surface area contributed by atoms with Crippen LogP contribution in [0.2, 0.25) is 5.02 Å². The van der Waals surface area contributed by atoms with Gasteiger partial charge in [-0.2, -0.15) is 0 Å². The molecule has 1 unspecified atom stereocenters. The van der Waals surface area contributed by atoms with E-state index in [-0.39, 0.29) is 18.5 Å². The van der Waals surface area contributed by atoms with Gasteiger partial charge in [0.15, 0.2) is 0 Å². The van der Waals surface area contributed by atoms with Crippen LogP contribution in [0.25, 0.3) is 0 Å². The first kappa shape index (κ1) is 16.8.